The molecule has 0 radical (unpaired) electrons. The number of nitrogens with zero attached hydrogens (tertiary/aromatic N) is 2. The van der Waals surface area contributed by atoms with Crippen molar-refractivity contribution in [1.82, 2.24) is 0 Å². The van der Waals surface area contributed by atoms with Crippen molar-refractivity contribution < 1.29 is 14.6 Å². The van der Waals surface area contributed by atoms with E-state index < -0.39 is 27.1 Å². The molecule has 0 saturated heterocycles. The molecule has 2 aromatic rings. The Bertz CT molecular complexity index is 1070. The molecule has 6 rings (SSSR count). The van der Waals surface area contributed by atoms with Crippen LogP contribution in [0.15, 0.2) is 36.4 Å². The van der Waals surface area contributed by atoms with Crippen LogP contribution in [0.1, 0.15) is 60.0 Å². The molecule has 4 aliphatic carbocycles. The summed E-state index contributed by atoms with van der Waals surface area (Å²) in [5.41, 5.74) is 2.04. The Kier molecular flexibility index (Phi) is 4.76. The van der Waals surface area contributed by atoms with Crippen molar-refractivity contribution in [2.24, 2.45) is 17.8 Å². The molecule has 32 heavy (non-hydrogen) atoms. The van der Waals surface area contributed by atoms with E-state index in [9.17, 15) is 25.0 Å². The van der Waals surface area contributed by atoms with Crippen molar-refractivity contribution in [1.29, 1.82) is 0 Å². The topological polar surface area (TPSA) is 115 Å². The third-order valence-electron chi connectivity index (χ3n) is 7.71. The highest BCUT2D eigenvalue weighted by Crippen LogP contribution is 2.60. The highest BCUT2D eigenvalue weighted by molar-refractivity contribution is 6.05. The Labute approximate surface area is 185 Å². The van der Waals surface area contributed by atoms with E-state index in [1.54, 1.807) is 0 Å². The normalized spacial score (nSPS) is 27.8. The van der Waals surface area contributed by atoms with Crippen LogP contribution in [0.5, 0.6) is 0 Å². The lowest BCUT2D eigenvalue weighted by Gasteiger charge is -2.57. The van der Waals surface area contributed by atoms with E-state index in [1.807, 2.05) is 13.0 Å². The fourth-order valence-electron chi connectivity index (χ4n) is 6.73. The SMILES string of the molecule is Cc1cc(C23CC4CC(CC(C4)C2)C3)ccc1NC(=O)c1cc([N+](=O)[O-])cc([N+](=O)[O-])c1. The van der Waals surface area contributed by atoms with Gasteiger partial charge in [0, 0.05) is 17.8 Å². The van der Waals surface area contributed by atoms with Crippen molar-refractivity contribution >= 4 is 23.0 Å². The maximum absolute atomic E-state index is 12.8. The lowest BCUT2D eigenvalue weighted by atomic mass is 9.48. The van der Waals surface area contributed by atoms with Crippen LogP contribution in [0, 0.1) is 44.9 Å². The first-order valence-electron chi connectivity index (χ1n) is 11.1. The zero-order chi connectivity index (χ0) is 22.6. The number of amides is 1. The number of hydrogen-bond acceptors (Lipinski definition) is 5. The molecule has 0 atom stereocenters. The molecule has 8 nitrogen and oxygen atoms in total. The third kappa shape index (κ3) is 3.53. The molecule has 0 aliphatic heterocycles. The van der Waals surface area contributed by atoms with E-state index >= 15 is 0 Å². The molecule has 4 bridgehead atoms. The number of anilines is 1. The van der Waals surface area contributed by atoms with Gasteiger partial charge in [-0.05, 0) is 85.8 Å². The minimum atomic E-state index is -0.741. The van der Waals surface area contributed by atoms with Crippen LogP contribution < -0.4 is 5.32 Å². The van der Waals surface area contributed by atoms with Gasteiger partial charge in [0.25, 0.3) is 17.3 Å². The van der Waals surface area contributed by atoms with Crippen LogP contribution in [-0.4, -0.2) is 15.8 Å². The Morgan fingerprint density at radius 2 is 1.44 bits per heavy atom. The van der Waals surface area contributed by atoms with Crippen LogP contribution in [0.25, 0.3) is 0 Å². The summed E-state index contributed by atoms with van der Waals surface area (Å²) >= 11 is 0. The molecule has 2 aromatic carbocycles. The molecule has 0 unspecified atom stereocenters. The lowest BCUT2D eigenvalue weighted by Crippen LogP contribution is -2.48. The van der Waals surface area contributed by atoms with Gasteiger partial charge in [0.2, 0.25) is 0 Å². The molecular formula is C24H25N3O5. The smallest absolute Gasteiger partial charge is 0.277 e. The average molecular weight is 435 g/mol. The fraction of sp³-hybridized carbons (Fsp3) is 0.458. The summed E-state index contributed by atoms with van der Waals surface area (Å²) in [7, 11) is 0. The van der Waals surface area contributed by atoms with Crippen LogP contribution in [0.2, 0.25) is 0 Å². The molecule has 1 N–H and O–H groups in total. The molecule has 166 valence electrons. The average Bonchev–Trinajstić information content (AvgIpc) is 2.73. The number of hydrogen-bond donors (Lipinski definition) is 1. The zero-order valence-corrected chi connectivity index (χ0v) is 17.9. The van der Waals surface area contributed by atoms with Gasteiger partial charge in [0.1, 0.15) is 0 Å². The predicted octanol–water partition coefficient (Wildman–Crippen LogP) is 5.53. The summed E-state index contributed by atoms with van der Waals surface area (Å²) in [6.07, 6.45) is 7.88. The second-order valence-electron chi connectivity index (χ2n) is 9.93. The highest BCUT2D eigenvalue weighted by Gasteiger charge is 2.51. The maximum atomic E-state index is 12.8. The van der Waals surface area contributed by atoms with Gasteiger partial charge in [-0.1, -0.05) is 12.1 Å². The number of nitro groups is 2. The summed E-state index contributed by atoms with van der Waals surface area (Å²) in [5.74, 6) is 1.91. The van der Waals surface area contributed by atoms with Crippen molar-refractivity contribution in [3.8, 4) is 0 Å². The Morgan fingerprint density at radius 1 is 0.906 bits per heavy atom. The van der Waals surface area contributed by atoms with Gasteiger partial charge in [-0.25, -0.2) is 0 Å². The molecule has 4 fully saturated rings. The van der Waals surface area contributed by atoms with Crippen LogP contribution in [0.3, 0.4) is 0 Å². The van der Waals surface area contributed by atoms with Gasteiger partial charge in [-0.3, -0.25) is 25.0 Å². The predicted molar refractivity (Wildman–Crippen MR) is 119 cm³/mol. The summed E-state index contributed by atoms with van der Waals surface area (Å²) in [6, 6.07) is 9.13. The van der Waals surface area contributed by atoms with E-state index in [4.69, 9.17) is 0 Å². The molecular weight excluding hydrogens is 410 g/mol. The number of rotatable bonds is 5. The van der Waals surface area contributed by atoms with Crippen LogP contribution in [-0.2, 0) is 5.41 Å². The third-order valence-corrected chi connectivity index (χ3v) is 7.71. The summed E-state index contributed by atoms with van der Waals surface area (Å²) < 4.78 is 0. The highest BCUT2D eigenvalue weighted by atomic mass is 16.6. The van der Waals surface area contributed by atoms with Gasteiger partial charge in [0.15, 0.2) is 0 Å². The summed E-state index contributed by atoms with van der Waals surface area (Å²) in [4.78, 5) is 33.5. The number of nitro benzene ring substituents is 2. The van der Waals surface area contributed by atoms with Gasteiger partial charge >= 0.3 is 0 Å². The molecule has 4 saturated carbocycles. The van der Waals surface area contributed by atoms with E-state index in [2.05, 4.69) is 17.4 Å². The van der Waals surface area contributed by atoms with E-state index in [0.717, 1.165) is 41.5 Å². The first-order valence-corrected chi connectivity index (χ1v) is 11.1. The number of aryl methyl sites for hydroxylation is 1. The van der Waals surface area contributed by atoms with Gasteiger partial charge < -0.3 is 5.32 Å². The van der Waals surface area contributed by atoms with Gasteiger partial charge in [0.05, 0.1) is 21.5 Å². The number of nitrogens with one attached hydrogen (secondary N) is 1. The molecule has 0 aromatic heterocycles. The van der Waals surface area contributed by atoms with E-state index in [0.29, 0.717) is 5.69 Å². The second-order valence-corrected chi connectivity index (χ2v) is 9.93. The summed E-state index contributed by atoms with van der Waals surface area (Å²) in [5, 5.41) is 25.0. The first-order chi connectivity index (χ1) is 15.2. The molecule has 0 spiro atoms. The minimum absolute atomic E-state index is 0.115. The van der Waals surface area contributed by atoms with Crippen molar-refractivity contribution in [3.63, 3.8) is 0 Å². The van der Waals surface area contributed by atoms with E-state index in [-0.39, 0.29) is 11.0 Å². The number of benzene rings is 2. The zero-order valence-electron chi connectivity index (χ0n) is 17.9. The van der Waals surface area contributed by atoms with Gasteiger partial charge in [-0.15, -0.1) is 0 Å². The fourth-order valence-corrected chi connectivity index (χ4v) is 6.73. The standard InChI is InChI=1S/C24H25N3O5/c1-14-4-19(24-11-15-5-16(12-24)7-17(6-15)13-24)2-3-22(14)25-23(28)18-8-20(26(29)30)10-21(9-18)27(31)32/h2-4,8-10,15-17H,5-7,11-13H2,1H3,(H,25,28). The van der Waals surface area contributed by atoms with Gasteiger partial charge in [-0.2, -0.15) is 0 Å². The quantitative estimate of drug-likeness (QED) is 0.489. The van der Waals surface area contributed by atoms with Crippen molar-refractivity contribution in [2.45, 2.75) is 50.9 Å². The lowest BCUT2D eigenvalue weighted by molar-refractivity contribution is -0.394. The second kappa shape index (κ2) is 7.39. The van der Waals surface area contributed by atoms with E-state index in [1.165, 1.54) is 44.1 Å². The van der Waals surface area contributed by atoms with Crippen molar-refractivity contribution in [2.75, 3.05) is 5.32 Å². The molecule has 0 heterocycles. The number of carbonyl (C=O) groups is 1. The molecule has 4 aliphatic rings. The Balaban J connectivity index is 1.40. The monoisotopic (exact) mass is 435 g/mol. The number of carbonyl (C=O) groups excluding carboxylic acids is 1. The Morgan fingerprint density at radius 3 is 1.91 bits per heavy atom. The number of non-ortho nitro benzene ring substituents is 2. The maximum Gasteiger partial charge on any atom is 0.277 e. The van der Waals surface area contributed by atoms with Crippen molar-refractivity contribution in [3.05, 3.63) is 73.3 Å². The molecule has 1 amide bonds. The summed E-state index contributed by atoms with van der Waals surface area (Å²) in [6.45, 7) is 1.94. The molecule has 8 heteroatoms. The largest absolute Gasteiger partial charge is 0.322 e. The van der Waals surface area contributed by atoms with Crippen LogP contribution >= 0.6 is 0 Å². The van der Waals surface area contributed by atoms with Crippen LogP contribution in [0.4, 0.5) is 17.1 Å². The Hall–Kier alpha value is -3.29. The first kappa shape index (κ1) is 20.6. The minimum Gasteiger partial charge on any atom is -0.322 e.